The Balaban J connectivity index is 3.00. The summed E-state index contributed by atoms with van der Waals surface area (Å²) < 4.78 is 0. The third-order valence-corrected chi connectivity index (χ3v) is 4.76. The van der Waals surface area contributed by atoms with E-state index in [0.29, 0.717) is 0 Å². The van der Waals surface area contributed by atoms with Crippen LogP contribution in [-0.2, 0) is 0 Å². The van der Waals surface area contributed by atoms with Gasteiger partial charge in [-0.05, 0) is 37.3 Å². The van der Waals surface area contributed by atoms with E-state index in [9.17, 15) is 0 Å². The average molecular weight is 231 g/mol. The molecule has 2 heteroatoms. The fraction of sp³-hybridized carbons (Fsp3) is 0.667. The molecule has 0 saturated carbocycles. The van der Waals surface area contributed by atoms with Crippen LogP contribution in [0.1, 0.15) is 47.9 Å². The van der Waals surface area contributed by atoms with Crippen molar-refractivity contribution >= 4 is 22.9 Å². The minimum atomic E-state index is 0.137. The maximum Gasteiger partial charge on any atom is 0.0646 e. The second-order valence-electron chi connectivity index (χ2n) is 4.57. The summed E-state index contributed by atoms with van der Waals surface area (Å²) in [5, 5.41) is 0.137. The van der Waals surface area contributed by atoms with Gasteiger partial charge in [0.2, 0.25) is 0 Å². The Hall–Kier alpha value is -0.0100. The fourth-order valence-corrected chi connectivity index (χ4v) is 2.91. The van der Waals surface area contributed by atoms with Gasteiger partial charge in [0.1, 0.15) is 0 Å². The first-order chi connectivity index (χ1) is 6.38. The van der Waals surface area contributed by atoms with Gasteiger partial charge >= 0.3 is 0 Å². The summed E-state index contributed by atoms with van der Waals surface area (Å²) in [6.45, 7) is 11.0. The third-order valence-electron chi connectivity index (χ3n) is 2.95. The van der Waals surface area contributed by atoms with Crippen LogP contribution < -0.4 is 0 Å². The summed E-state index contributed by atoms with van der Waals surface area (Å²) in [6, 6.07) is 2.23. The van der Waals surface area contributed by atoms with Crippen molar-refractivity contribution in [3.05, 3.63) is 21.4 Å². The Kier molecular flexibility index (Phi) is 3.65. The van der Waals surface area contributed by atoms with Crippen LogP contribution in [0.25, 0.3) is 0 Å². The maximum atomic E-state index is 6.52. The number of alkyl halides is 1. The molecule has 0 radical (unpaired) electrons. The van der Waals surface area contributed by atoms with Crippen LogP contribution in [0, 0.1) is 19.3 Å². The van der Waals surface area contributed by atoms with E-state index in [4.69, 9.17) is 11.6 Å². The van der Waals surface area contributed by atoms with Gasteiger partial charge in [-0.15, -0.1) is 22.9 Å². The van der Waals surface area contributed by atoms with Crippen molar-refractivity contribution in [1.82, 2.24) is 0 Å². The summed E-state index contributed by atoms with van der Waals surface area (Å²) in [4.78, 5) is 2.72. The molecule has 0 aliphatic carbocycles. The lowest BCUT2D eigenvalue weighted by atomic mass is 9.83. The number of thiophene rings is 1. The summed E-state index contributed by atoms with van der Waals surface area (Å²) in [5.74, 6) is 0. The summed E-state index contributed by atoms with van der Waals surface area (Å²) in [5.41, 5.74) is 1.50. The van der Waals surface area contributed by atoms with Crippen LogP contribution in [-0.4, -0.2) is 0 Å². The van der Waals surface area contributed by atoms with Crippen LogP contribution in [0.15, 0.2) is 6.07 Å². The summed E-state index contributed by atoms with van der Waals surface area (Å²) in [6.07, 6.45) is 1.11. The predicted octanol–water partition coefficient (Wildman–Crippen LogP) is 5.08. The second-order valence-corrected chi connectivity index (χ2v) is 6.47. The first-order valence-electron chi connectivity index (χ1n) is 5.09. The van der Waals surface area contributed by atoms with Gasteiger partial charge < -0.3 is 0 Å². The monoisotopic (exact) mass is 230 g/mol. The predicted molar refractivity (Wildman–Crippen MR) is 66.5 cm³/mol. The number of hydrogen-bond donors (Lipinski definition) is 0. The molecular formula is C12H19ClS. The standard InChI is InChI=1S/C12H19ClS/c1-6-12(4,5)11(13)10-7-8(2)14-9(10)3/h7,11H,6H2,1-5H3. The Morgan fingerprint density at radius 2 is 2.00 bits per heavy atom. The smallest absolute Gasteiger partial charge is 0.0646 e. The van der Waals surface area contributed by atoms with Gasteiger partial charge in [-0.3, -0.25) is 0 Å². The minimum Gasteiger partial charge on any atom is -0.146 e. The van der Waals surface area contributed by atoms with Gasteiger partial charge in [0.05, 0.1) is 5.38 Å². The number of rotatable bonds is 3. The molecule has 0 spiro atoms. The molecule has 14 heavy (non-hydrogen) atoms. The van der Waals surface area contributed by atoms with Crippen LogP contribution in [0.2, 0.25) is 0 Å². The molecule has 0 bridgehead atoms. The van der Waals surface area contributed by atoms with Crippen molar-refractivity contribution < 1.29 is 0 Å². The molecule has 0 saturated heterocycles. The molecule has 0 aromatic carbocycles. The maximum absolute atomic E-state index is 6.52. The van der Waals surface area contributed by atoms with E-state index in [1.54, 1.807) is 0 Å². The van der Waals surface area contributed by atoms with Crippen molar-refractivity contribution in [2.24, 2.45) is 5.41 Å². The molecule has 1 rings (SSSR count). The molecule has 0 fully saturated rings. The first kappa shape index (κ1) is 12.1. The minimum absolute atomic E-state index is 0.137. The highest BCUT2D eigenvalue weighted by molar-refractivity contribution is 7.12. The Bertz CT molecular complexity index is 312. The Morgan fingerprint density at radius 3 is 2.36 bits per heavy atom. The molecule has 1 unspecified atom stereocenters. The molecule has 1 aromatic rings. The van der Waals surface area contributed by atoms with E-state index in [1.165, 1.54) is 15.3 Å². The van der Waals surface area contributed by atoms with E-state index < -0.39 is 0 Å². The molecular weight excluding hydrogens is 212 g/mol. The van der Waals surface area contributed by atoms with E-state index in [1.807, 2.05) is 11.3 Å². The first-order valence-corrected chi connectivity index (χ1v) is 6.34. The van der Waals surface area contributed by atoms with Crippen LogP contribution in [0.3, 0.4) is 0 Å². The van der Waals surface area contributed by atoms with Gasteiger partial charge in [0, 0.05) is 9.75 Å². The number of halogens is 1. The van der Waals surface area contributed by atoms with Crippen molar-refractivity contribution in [3.63, 3.8) is 0 Å². The van der Waals surface area contributed by atoms with Crippen molar-refractivity contribution in [2.75, 3.05) is 0 Å². The Labute approximate surface area is 96.3 Å². The number of aryl methyl sites for hydroxylation is 2. The van der Waals surface area contributed by atoms with Gasteiger partial charge in [0.25, 0.3) is 0 Å². The highest BCUT2D eigenvalue weighted by Gasteiger charge is 2.29. The number of hydrogen-bond acceptors (Lipinski definition) is 1. The van der Waals surface area contributed by atoms with Gasteiger partial charge in [-0.25, -0.2) is 0 Å². The normalized spacial score (nSPS) is 14.4. The van der Waals surface area contributed by atoms with Crippen LogP contribution >= 0.6 is 22.9 Å². The zero-order chi connectivity index (χ0) is 10.9. The van der Waals surface area contributed by atoms with E-state index in [-0.39, 0.29) is 10.8 Å². The summed E-state index contributed by atoms with van der Waals surface area (Å²) >= 11 is 8.36. The lowest BCUT2D eigenvalue weighted by Crippen LogP contribution is -2.16. The molecule has 0 aliphatic heterocycles. The van der Waals surface area contributed by atoms with Crippen LogP contribution in [0.5, 0.6) is 0 Å². The Morgan fingerprint density at radius 1 is 1.43 bits per heavy atom. The van der Waals surface area contributed by atoms with Gasteiger partial charge in [-0.1, -0.05) is 20.8 Å². The lowest BCUT2D eigenvalue weighted by molar-refractivity contribution is 0.336. The molecule has 0 nitrogen and oxygen atoms in total. The van der Waals surface area contributed by atoms with Crippen LogP contribution in [0.4, 0.5) is 0 Å². The topological polar surface area (TPSA) is 0 Å². The van der Waals surface area contributed by atoms with Crippen molar-refractivity contribution in [3.8, 4) is 0 Å². The molecule has 0 amide bonds. The van der Waals surface area contributed by atoms with Gasteiger partial charge in [-0.2, -0.15) is 0 Å². The average Bonchev–Trinajstić information content (AvgIpc) is 2.44. The quantitative estimate of drug-likeness (QED) is 0.636. The van der Waals surface area contributed by atoms with Crippen molar-refractivity contribution in [1.29, 1.82) is 0 Å². The zero-order valence-corrected chi connectivity index (χ0v) is 11.2. The molecule has 1 atom stereocenters. The summed E-state index contributed by atoms with van der Waals surface area (Å²) in [7, 11) is 0. The zero-order valence-electron chi connectivity index (χ0n) is 9.65. The largest absolute Gasteiger partial charge is 0.146 e. The van der Waals surface area contributed by atoms with Gasteiger partial charge in [0.15, 0.2) is 0 Å². The fourth-order valence-electron chi connectivity index (χ4n) is 1.50. The molecule has 0 aliphatic rings. The molecule has 1 heterocycles. The second kappa shape index (κ2) is 4.24. The van der Waals surface area contributed by atoms with E-state index in [2.05, 4.69) is 40.7 Å². The van der Waals surface area contributed by atoms with Crippen molar-refractivity contribution in [2.45, 2.75) is 46.4 Å². The van der Waals surface area contributed by atoms with E-state index in [0.717, 1.165) is 6.42 Å². The third kappa shape index (κ3) is 2.32. The molecule has 80 valence electrons. The lowest BCUT2D eigenvalue weighted by Gasteiger charge is -2.28. The highest BCUT2D eigenvalue weighted by Crippen LogP contribution is 2.44. The SMILES string of the molecule is CCC(C)(C)C(Cl)c1cc(C)sc1C. The molecule has 1 aromatic heterocycles. The molecule has 0 N–H and O–H groups in total. The highest BCUT2D eigenvalue weighted by atomic mass is 35.5. The van der Waals surface area contributed by atoms with E-state index >= 15 is 0 Å².